The second-order valence-corrected chi connectivity index (χ2v) is 7.41. The van der Waals surface area contributed by atoms with Crippen molar-refractivity contribution in [3.8, 4) is 0 Å². The van der Waals surface area contributed by atoms with Crippen molar-refractivity contribution in [2.75, 3.05) is 17.2 Å². The maximum absolute atomic E-state index is 12.0. The van der Waals surface area contributed by atoms with E-state index in [2.05, 4.69) is 15.6 Å². The first kappa shape index (κ1) is 17.5. The fourth-order valence-corrected chi connectivity index (χ4v) is 3.59. The van der Waals surface area contributed by atoms with E-state index in [1.165, 1.54) is 17.3 Å². The molecule has 3 aromatic rings. The van der Waals surface area contributed by atoms with Gasteiger partial charge in [-0.25, -0.2) is 4.98 Å². The predicted molar refractivity (Wildman–Crippen MR) is 108 cm³/mol. The molecule has 0 aliphatic rings. The van der Waals surface area contributed by atoms with E-state index in [4.69, 9.17) is 0 Å². The van der Waals surface area contributed by atoms with E-state index in [0.717, 1.165) is 22.2 Å². The van der Waals surface area contributed by atoms with Crippen LogP contribution in [0, 0.1) is 6.92 Å². The molecule has 0 fully saturated rings. The summed E-state index contributed by atoms with van der Waals surface area (Å²) in [7, 11) is 0. The standard InChI is InChI=1S/C19H19N3OS2/c1-14-7-9-15(10-8-14)20-11-18(23)24-12-17-13-25-19(22-17)21-16-5-3-2-4-6-16/h2-10,13,20H,11-12H2,1H3,(H,21,22). The molecule has 0 atom stereocenters. The summed E-state index contributed by atoms with van der Waals surface area (Å²) in [5.41, 5.74) is 4.09. The molecule has 0 radical (unpaired) electrons. The highest BCUT2D eigenvalue weighted by molar-refractivity contribution is 8.13. The molecule has 0 aliphatic carbocycles. The number of thiazole rings is 1. The number of nitrogens with one attached hydrogen (secondary N) is 2. The second-order valence-electron chi connectivity index (χ2n) is 5.52. The van der Waals surface area contributed by atoms with E-state index in [9.17, 15) is 4.79 Å². The number of anilines is 3. The highest BCUT2D eigenvalue weighted by Crippen LogP contribution is 2.23. The summed E-state index contributed by atoms with van der Waals surface area (Å²) >= 11 is 2.83. The van der Waals surface area contributed by atoms with E-state index in [1.54, 1.807) is 11.3 Å². The van der Waals surface area contributed by atoms with Crippen LogP contribution in [0.1, 0.15) is 11.3 Å². The van der Waals surface area contributed by atoms with Gasteiger partial charge in [-0.1, -0.05) is 47.7 Å². The summed E-state index contributed by atoms with van der Waals surface area (Å²) < 4.78 is 0. The number of rotatable bonds is 7. The maximum atomic E-state index is 12.0. The van der Waals surface area contributed by atoms with Crippen molar-refractivity contribution in [2.45, 2.75) is 12.7 Å². The number of carbonyl (C=O) groups is 1. The van der Waals surface area contributed by atoms with Gasteiger partial charge in [0.15, 0.2) is 5.13 Å². The average Bonchev–Trinajstić information content (AvgIpc) is 3.08. The largest absolute Gasteiger partial charge is 0.377 e. The molecule has 0 bridgehead atoms. The van der Waals surface area contributed by atoms with Crippen LogP contribution in [-0.2, 0) is 10.5 Å². The molecule has 3 rings (SSSR count). The molecule has 6 heteroatoms. The zero-order valence-electron chi connectivity index (χ0n) is 13.9. The lowest BCUT2D eigenvalue weighted by atomic mass is 10.2. The van der Waals surface area contributed by atoms with Gasteiger partial charge in [0.1, 0.15) is 0 Å². The van der Waals surface area contributed by atoms with E-state index >= 15 is 0 Å². The highest BCUT2D eigenvalue weighted by Gasteiger charge is 2.07. The lowest BCUT2D eigenvalue weighted by Crippen LogP contribution is -2.10. The molecule has 0 saturated heterocycles. The lowest BCUT2D eigenvalue weighted by molar-refractivity contribution is -0.109. The smallest absolute Gasteiger partial charge is 0.208 e. The quantitative estimate of drug-likeness (QED) is 0.609. The van der Waals surface area contributed by atoms with Gasteiger partial charge in [-0.05, 0) is 31.2 Å². The molecule has 0 unspecified atom stereocenters. The zero-order valence-corrected chi connectivity index (χ0v) is 15.5. The van der Waals surface area contributed by atoms with E-state index in [0.29, 0.717) is 12.3 Å². The van der Waals surface area contributed by atoms with E-state index in [1.807, 2.05) is 66.9 Å². The Labute approximate surface area is 155 Å². The predicted octanol–water partition coefficient (Wildman–Crippen LogP) is 5.07. The number of thioether (sulfide) groups is 1. The van der Waals surface area contributed by atoms with Crippen LogP contribution in [0.15, 0.2) is 60.0 Å². The van der Waals surface area contributed by atoms with Gasteiger partial charge in [0.2, 0.25) is 5.12 Å². The van der Waals surface area contributed by atoms with Gasteiger partial charge in [-0.15, -0.1) is 11.3 Å². The summed E-state index contributed by atoms with van der Waals surface area (Å²) in [6.07, 6.45) is 0. The van der Waals surface area contributed by atoms with Crippen LogP contribution in [-0.4, -0.2) is 16.6 Å². The van der Waals surface area contributed by atoms with Gasteiger partial charge < -0.3 is 10.6 Å². The van der Waals surface area contributed by atoms with Gasteiger partial charge in [0.25, 0.3) is 0 Å². The highest BCUT2D eigenvalue weighted by atomic mass is 32.2. The van der Waals surface area contributed by atoms with Crippen molar-refractivity contribution in [3.05, 3.63) is 71.2 Å². The third-order valence-electron chi connectivity index (χ3n) is 3.45. The number of benzene rings is 2. The first-order chi connectivity index (χ1) is 12.2. The Hall–Kier alpha value is -2.31. The third-order valence-corrected chi connectivity index (χ3v) is 5.16. The van der Waals surface area contributed by atoms with Crippen molar-refractivity contribution in [3.63, 3.8) is 0 Å². The number of hydrogen-bond acceptors (Lipinski definition) is 6. The molecule has 2 N–H and O–H groups in total. The molecule has 0 spiro atoms. The van der Waals surface area contributed by atoms with Crippen LogP contribution in [0.5, 0.6) is 0 Å². The van der Waals surface area contributed by atoms with Gasteiger partial charge in [0.05, 0.1) is 12.2 Å². The molecule has 2 aromatic carbocycles. The monoisotopic (exact) mass is 369 g/mol. The molecular formula is C19H19N3OS2. The maximum Gasteiger partial charge on any atom is 0.208 e. The topological polar surface area (TPSA) is 54.0 Å². The number of hydrogen-bond donors (Lipinski definition) is 2. The summed E-state index contributed by atoms with van der Waals surface area (Å²) in [5.74, 6) is 0.585. The molecule has 1 heterocycles. The lowest BCUT2D eigenvalue weighted by Gasteiger charge is -2.05. The summed E-state index contributed by atoms with van der Waals surface area (Å²) in [4.78, 5) is 16.5. The van der Waals surface area contributed by atoms with Crippen LogP contribution in [0.3, 0.4) is 0 Å². The van der Waals surface area contributed by atoms with E-state index in [-0.39, 0.29) is 5.12 Å². The zero-order chi connectivity index (χ0) is 17.5. The fraction of sp³-hybridized carbons (Fsp3) is 0.158. The van der Waals surface area contributed by atoms with Crippen molar-refractivity contribution in [1.29, 1.82) is 0 Å². The molecule has 25 heavy (non-hydrogen) atoms. The van der Waals surface area contributed by atoms with Crippen molar-refractivity contribution < 1.29 is 4.79 Å². The molecular weight excluding hydrogens is 350 g/mol. The van der Waals surface area contributed by atoms with Gasteiger partial charge in [-0.3, -0.25) is 4.79 Å². The normalized spacial score (nSPS) is 10.4. The number of carbonyl (C=O) groups excluding carboxylic acids is 1. The minimum absolute atomic E-state index is 0.103. The summed E-state index contributed by atoms with van der Waals surface area (Å²) in [6, 6.07) is 17.9. The van der Waals surface area contributed by atoms with Crippen molar-refractivity contribution in [2.24, 2.45) is 0 Å². The molecule has 128 valence electrons. The number of aryl methyl sites for hydroxylation is 1. The van der Waals surface area contributed by atoms with Crippen LogP contribution < -0.4 is 10.6 Å². The van der Waals surface area contributed by atoms with Crippen molar-refractivity contribution in [1.82, 2.24) is 4.98 Å². The van der Waals surface area contributed by atoms with Gasteiger partial charge >= 0.3 is 0 Å². The average molecular weight is 370 g/mol. The molecule has 0 amide bonds. The number of para-hydroxylation sites is 1. The fourth-order valence-electron chi connectivity index (χ4n) is 2.13. The summed E-state index contributed by atoms with van der Waals surface area (Å²) in [6.45, 7) is 2.35. The van der Waals surface area contributed by atoms with Crippen LogP contribution in [0.2, 0.25) is 0 Å². The van der Waals surface area contributed by atoms with Gasteiger partial charge in [-0.2, -0.15) is 0 Å². The van der Waals surface area contributed by atoms with Crippen molar-refractivity contribution >= 4 is 44.7 Å². The van der Waals surface area contributed by atoms with Crippen LogP contribution >= 0.6 is 23.1 Å². The Kier molecular flexibility index (Phi) is 6.09. The van der Waals surface area contributed by atoms with Crippen LogP contribution in [0.25, 0.3) is 0 Å². The Bertz CT molecular complexity index is 816. The Morgan fingerprint density at radius 1 is 1.08 bits per heavy atom. The number of aromatic nitrogens is 1. The minimum Gasteiger partial charge on any atom is -0.377 e. The molecule has 0 saturated carbocycles. The first-order valence-corrected chi connectivity index (χ1v) is 9.78. The SMILES string of the molecule is Cc1ccc(NCC(=O)SCc2csc(Nc3ccccc3)n2)cc1. The third kappa shape index (κ3) is 5.62. The van der Waals surface area contributed by atoms with Crippen LogP contribution in [0.4, 0.5) is 16.5 Å². The Morgan fingerprint density at radius 2 is 1.84 bits per heavy atom. The molecule has 1 aromatic heterocycles. The van der Waals surface area contributed by atoms with Gasteiger partial charge in [0, 0.05) is 22.5 Å². The number of nitrogens with zero attached hydrogens (tertiary/aromatic N) is 1. The summed E-state index contributed by atoms with van der Waals surface area (Å²) in [5, 5.41) is 9.34. The molecule has 0 aliphatic heterocycles. The Morgan fingerprint density at radius 3 is 2.60 bits per heavy atom. The van der Waals surface area contributed by atoms with E-state index < -0.39 is 0 Å². The molecule has 4 nitrogen and oxygen atoms in total. The first-order valence-electron chi connectivity index (χ1n) is 7.92. The Balaban J connectivity index is 1.43. The second kappa shape index (κ2) is 8.69. The minimum atomic E-state index is 0.103.